The zero-order valence-corrected chi connectivity index (χ0v) is 14.2. The van der Waals surface area contributed by atoms with Gasteiger partial charge in [-0.2, -0.15) is 0 Å². The molecule has 130 valence electrons. The van der Waals surface area contributed by atoms with Crippen LogP contribution in [0.5, 0.6) is 0 Å². The quantitative estimate of drug-likeness (QED) is 0.848. The number of amides is 2. The molecule has 1 saturated heterocycles. The van der Waals surface area contributed by atoms with Gasteiger partial charge in [0.25, 0.3) is 5.91 Å². The first-order chi connectivity index (χ1) is 12.2. The maximum atomic E-state index is 12.3. The molecule has 0 spiro atoms. The van der Waals surface area contributed by atoms with E-state index in [9.17, 15) is 9.59 Å². The second-order valence-corrected chi connectivity index (χ2v) is 6.27. The van der Waals surface area contributed by atoms with Crippen LogP contribution in [-0.4, -0.2) is 23.3 Å². The summed E-state index contributed by atoms with van der Waals surface area (Å²) in [7, 11) is 0. The van der Waals surface area contributed by atoms with Gasteiger partial charge in [-0.15, -0.1) is 0 Å². The molecule has 1 aliphatic rings. The second-order valence-electron chi connectivity index (χ2n) is 6.27. The molecule has 0 aliphatic carbocycles. The van der Waals surface area contributed by atoms with Gasteiger partial charge in [-0.3, -0.25) is 9.59 Å². The molecule has 0 aromatic heterocycles. The summed E-state index contributed by atoms with van der Waals surface area (Å²) in [6.45, 7) is 2.32. The third-order valence-electron chi connectivity index (χ3n) is 4.54. The van der Waals surface area contributed by atoms with Gasteiger partial charge in [0.2, 0.25) is 5.91 Å². The first-order valence-corrected chi connectivity index (χ1v) is 8.59. The fourth-order valence-corrected chi connectivity index (χ4v) is 3.03. The number of likely N-dealkylation sites (tertiary alicyclic amines) is 1. The molecular formula is C20H23N3O2. The van der Waals surface area contributed by atoms with Crippen LogP contribution in [0.1, 0.15) is 39.9 Å². The molecule has 2 aromatic rings. The van der Waals surface area contributed by atoms with E-state index in [2.05, 4.69) is 5.32 Å². The van der Waals surface area contributed by atoms with E-state index in [4.69, 9.17) is 5.73 Å². The Bertz CT molecular complexity index is 756. The molecule has 1 fully saturated rings. The SMILES string of the molecule is NCc1ccc(C(=O)NCc2ccccc2CN2CCCC2=O)cc1. The number of carbonyl (C=O) groups is 2. The fourth-order valence-electron chi connectivity index (χ4n) is 3.03. The molecule has 2 aromatic carbocycles. The Hall–Kier alpha value is -2.66. The van der Waals surface area contributed by atoms with Crippen molar-refractivity contribution in [3.63, 3.8) is 0 Å². The highest BCUT2D eigenvalue weighted by atomic mass is 16.2. The summed E-state index contributed by atoms with van der Waals surface area (Å²) in [5.41, 5.74) is 9.30. The topological polar surface area (TPSA) is 75.4 Å². The average Bonchev–Trinajstić information content (AvgIpc) is 3.05. The van der Waals surface area contributed by atoms with Gasteiger partial charge in [-0.05, 0) is 35.2 Å². The van der Waals surface area contributed by atoms with Gasteiger partial charge in [0, 0.05) is 38.2 Å². The number of hydrogen-bond donors (Lipinski definition) is 2. The number of benzene rings is 2. The lowest BCUT2D eigenvalue weighted by molar-refractivity contribution is -0.128. The number of carbonyl (C=O) groups excluding carboxylic acids is 2. The van der Waals surface area contributed by atoms with Crippen LogP contribution in [-0.2, 0) is 24.4 Å². The zero-order chi connectivity index (χ0) is 17.6. The fraction of sp³-hybridized carbons (Fsp3) is 0.300. The minimum absolute atomic E-state index is 0.115. The van der Waals surface area contributed by atoms with Crippen molar-refractivity contribution in [2.24, 2.45) is 5.73 Å². The summed E-state index contributed by atoms with van der Waals surface area (Å²) in [6, 6.07) is 15.2. The van der Waals surface area contributed by atoms with Crippen molar-refractivity contribution >= 4 is 11.8 Å². The molecule has 0 bridgehead atoms. The predicted molar refractivity (Wildman–Crippen MR) is 96.6 cm³/mol. The third kappa shape index (κ3) is 4.25. The van der Waals surface area contributed by atoms with Gasteiger partial charge in [0.1, 0.15) is 0 Å². The van der Waals surface area contributed by atoms with Gasteiger partial charge >= 0.3 is 0 Å². The van der Waals surface area contributed by atoms with Crippen LogP contribution in [0.2, 0.25) is 0 Å². The zero-order valence-electron chi connectivity index (χ0n) is 14.2. The number of nitrogens with one attached hydrogen (secondary N) is 1. The van der Waals surface area contributed by atoms with Crippen molar-refractivity contribution in [3.8, 4) is 0 Å². The van der Waals surface area contributed by atoms with Crippen LogP contribution >= 0.6 is 0 Å². The molecule has 1 aliphatic heterocycles. The Labute approximate surface area is 147 Å². The summed E-state index contributed by atoms with van der Waals surface area (Å²) >= 11 is 0. The predicted octanol–water partition coefficient (Wildman–Crippen LogP) is 2.20. The molecule has 1 heterocycles. The van der Waals surface area contributed by atoms with Crippen LogP contribution in [0.25, 0.3) is 0 Å². The summed E-state index contributed by atoms with van der Waals surface area (Å²) in [6.07, 6.45) is 1.56. The van der Waals surface area contributed by atoms with E-state index < -0.39 is 0 Å². The molecule has 0 atom stereocenters. The highest BCUT2D eigenvalue weighted by Gasteiger charge is 2.20. The van der Waals surface area contributed by atoms with Gasteiger partial charge in [-0.1, -0.05) is 36.4 Å². The smallest absolute Gasteiger partial charge is 0.251 e. The Morgan fingerprint density at radius 1 is 1.08 bits per heavy atom. The number of hydrogen-bond acceptors (Lipinski definition) is 3. The highest BCUT2D eigenvalue weighted by Crippen LogP contribution is 2.17. The highest BCUT2D eigenvalue weighted by molar-refractivity contribution is 5.94. The standard InChI is InChI=1S/C20H23N3O2/c21-12-15-7-9-16(10-8-15)20(25)22-13-17-4-1-2-5-18(17)14-23-11-3-6-19(23)24/h1-2,4-5,7-10H,3,6,11-14,21H2,(H,22,25). The number of nitrogens with two attached hydrogens (primary N) is 1. The summed E-state index contributed by atoms with van der Waals surface area (Å²) in [5.74, 6) is 0.0921. The first kappa shape index (κ1) is 17.2. The molecule has 3 rings (SSSR count). The third-order valence-corrected chi connectivity index (χ3v) is 4.54. The Morgan fingerprint density at radius 2 is 1.80 bits per heavy atom. The van der Waals surface area contributed by atoms with Crippen LogP contribution < -0.4 is 11.1 Å². The van der Waals surface area contributed by atoms with Gasteiger partial charge in [0.15, 0.2) is 0 Å². The lowest BCUT2D eigenvalue weighted by Crippen LogP contribution is -2.26. The normalized spacial score (nSPS) is 14.0. The maximum absolute atomic E-state index is 12.3. The van der Waals surface area contributed by atoms with Gasteiger partial charge < -0.3 is 16.0 Å². The lowest BCUT2D eigenvalue weighted by atomic mass is 10.1. The van der Waals surface area contributed by atoms with E-state index in [-0.39, 0.29) is 11.8 Å². The number of rotatable bonds is 6. The molecule has 5 nitrogen and oxygen atoms in total. The van der Waals surface area contributed by atoms with Crippen LogP contribution in [0, 0.1) is 0 Å². The molecular weight excluding hydrogens is 314 g/mol. The van der Waals surface area contributed by atoms with Crippen LogP contribution in [0.3, 0.4) is 0 Å². The first-order valence-electron chi connectivity index (χ1n) is 8.59. The monoisotopic (exact) mass is 337 g/mol. The van der Waals surface area contributed by atoms with E-state index >= 15 is 0 Å². The lowest BCUT2D eigenvalue weighted by Gasteiger charge is -2.18. The van der Waals surface area contributed by atoms with E-state index in [1.54, 1.807) is 12.1 Å². The molecule has 25 heavy (non-hydrogen) atoms. The Kier molecular flexibility index (Phi) is 5.46. The maximum Gasteiger partial charge on any atom is 0.251 e. The van der Waals surface area contributed by atoms with E-state index in [1.807, 2.05) is 41.3 Å². The Morgan fingerprint density at radius 3 is 2.44 bits per heavy atom. The minimum atomic E-state index is -0.115. The number of nitrogens with zero attached hydrogens (tertiary/aromatic N) is 1. The van der Waals surface area contributed by atoms with Crippen LogP contribution in [0.15, 0.2) is 48.5 Å². The van der Waals surface area contributed by atoms with Gasteiger partial charge in [0.05, 0.1) is 0 Å². The van der Waals surface area contributed by atoms with Crippen molar-refractivity contribution in [2.75, 3.05) is 6.54 Å². The summed E-state index contributed by atoms with van der Waals surface area (Å²) in [5, 5.41) is 2.96. The summed E-state index contributed by atoms with van der Waals surface area (Å²) < 4.78 is 0. The van der Waals surface area contributed by atoms with E-state index in [0.29, 0.717) is 31.6 Å². The van der Waals surface area contributed by atoms with E-state index in [1.165, 1.54) is 0 Å². The van der Waals surface area contributed by atoms with Crippen molar-refractivity contribution < 1.29 is 9.59 Å². The largest absolute Gasteiger partial charge is 0.348 e. The van der Waals surface area contributed by atoms with Gasteiger partial charge in [-0.25, -0.2) is 0 Å². The van der Waals surface area contributed by atoms with Crippen molar-refractivity contribution in [2.45, 2.75) is 32.5 Å². The van der Waals surface area contributed by atoms with Crippen molar-refractivity contribution in [1.29, 1.82) is 0 Å². The molecule has 0 saturated carbocycles. The molecule has 2 amide bonds. The molecule has 0 unspecified atom stereocenters. The molecule has 5 heteroatoms. The van der Waals surface area contributed by atoms with E-state index in [0.717, 1.165) is 29.7 Å². The van der Waals surface area contributed by atoms with Crippen LogP contribution in [0.4, 0.5) is 0 Å². The van der Waals surface area contributed by atoms with Crippen molar-refractivity contribution in [1.82, 2.24) is 10.2 Å². The Balaban J connectivity index is 1.64. The summed E-state index contributed by atoms with van der Waals surface area (Å²) in [4.78, 5) is 26.0. The molecule has 0 radical (unpaired) electrons. The molecule has 3 N–H and O–H groups in total. The van der Waals surface area contributed by atoms with Crippen molar-refractivity contribution in [3.05, 3.63) is 70.8 Å². The second kappa shape index (κ2) is 7.94. The minimum Gasteiger partial charge on any atom is -0.348 e. The average molecular weight is 337 g/mol.